The van der Waals surface area contributed by atoms with Crippen LogP contribution in [0.1, 0.15) is 43.6 Å². The fourth-order valence-electron chi connectivity index (χ4n) is 2.97. The number of carboxylic acids is 1. The lowest BCUT2D eigenvalue weighted by molar-refractivity contribution is -0.144. The predicted molar refractivity (Wildman–Crippen MR) is 87.1 cm³/mol. The summed E-state index contributed by atoms with van der Waals surface area (Å²) < 4.78 is 1.84. The number of carbonyl (C=O) groups is 2. The normalized spacial score (nSPS) is 16.9. The number of rotatable bonds is 7. The summed E-state index contributed by atoms with van der Waals surface area (Å²) in [6, 6.07) is 0.225. The van der Waals surface area contributed by atoms with Crippen LogP contribution in [0, 0.1) is 25.7 Å². The van der Waals surface area contributed by atoms with Crippen molar-refractivity contribution >= 4 is 11.9 Å². The molecule has 2 rings (SSSR count). The monoisotopic (exact) mass is 321 g/mol. The molecule has 6 heteroatoms. The predicted octanol–water partition coefficient (Wildman–Crippen LogP) is 1.93. The maximum absolute atomic E-state index is 12.8. The number of carboxylic acid groups (broad SMARTS) is 1. The van der Waals surface area contributed by atoms with Gasteiger partial charge in [-0.25, -0.2) is 0 Å². The topological polar surface area (TPSA) is 75.4 Å². The highest BCUT2D eigenvalue weighted by atomic mass is 16.4. The highest BCUT2D eigenvalue weighted by molar-refractivity contribution is 5.80. The van der Waals surface area contributed by atoms with Crippen LogP contribution < -0.4 is 0 Å². The van der Waals surface area contributed by atoms with E-state index in [-0.39, 0.29) is 17.9 Å². The molecular weight excluding hydrogens is 294 g/mol. The van der Waals surface area contributed by atoms with Gasteiger partial charge >= 0.3 is 5.97 Å². The fourth-order valence-corrected chi connectivity index (χ4v) is 2.97. The molecule has 23 heavy (non-hydrogen) atoms. The molecule has 0 radical (unpaired) electrons. The van der Waals surface area contributed by atoms with E-state index < -0.39 is 11.9 Å². The Hall–Kier alpha value is -1.85. The first-order chi connectivity index (χ1) is 10.7. The van der Waals surface area contributed by atoms with E-state index in [1.165, 1.54) is 0 Å². The molecule has 1 heterocycles. The number of amides is 1. The maximum atomic E-state index is 12.8. The number of nitrogens with zero attached hydrogens (tertiary/aromatic N) is 3. The molecule has 0 unspecified atom stereocenters. The third-order valence-electron chi connectivity index (χ3n) is 4.75. The van der Waals surface area contributed by atoms with Gasteiger partial charge in [0.2, 0.25) is 5.91 Å². The van der Waals surface area contributed by atoms with E-state index in [4.69, 9.17) is 5.11 Å². The van der Waals surface area contributed by atoms with Gasteiger partial charge in [0, 0.05) is 31.2 Å². The van der Waals surface area contributed by atoms with Crippen molar-refractivity contribution < 1.29 is 14.7 Å². The third-order valence-corrected chi connectivity index (χ3v) is 4.75. The summed E-state index contributed by atoms with van der Waals surface area (Å²) in [6.45, 7) is 7.86. The molecule has 1 aliphatic rings. The van der Waals surface area contributed by atoms with Gasteiger partial charge in [0.05, 0.1) is 11.6 Å². The molecule has 2 atom stereocenters. The van der Waals surface area contributed by atoms with Crippen molar-refractivity contribution in [1.29, 1.82) is 0 Å². The van der Waals surface area contributed by atoms with Crippen LogP contribution in [0.5, 0.6) is 0 Å². The summed E-state index contributed by atoms with van der Waals surface area (Å²) in [5.41, 5.74) is 3.16. The lowest BCUT2D eigenvalue weighted by Crippen LogP contribution is -2.41. The van der Waals surface area contributed by atoms with Gasteiger partial charge in [-0.15, -0.1) is 0 Å². The summed E-state index contributed by atoms with van der Waals surface area (Å²) in [5.74, 6) is -1.50. The maximum Gasteiger partial charge on any atom is 0.308 e. The van der Waals surface area contributed by atoms with Crippen molar-refractivity contribution in [3.05, 3.63) is 17.0 Å². The summed E-state index contributed by atoms with van der Waals surface area (Å²) in [4.78, 5) is 25.7. The van der Waals surface area contributed by atoms with Crippen LogP contribution in [0.15, 0.2) is 0 Å². The lowest BCUT2D eigenvalue weighted by Gasteiger charge is -2.27. The molecule has 1 aromatic rings. The second-order valence-electron chi connectivity index (χ2n) is 6.84. The van der Waals surface area contributed by atoms with Gasteiger partial charge in [-0.05, 0) is 38.7 Å². The quantitative estimate of drug-likeness (QED) is 0.832. The molecule has 1 aromatic heterocycles. The first-order valence-corrected chi connectivity index (χ1v) is 8.24. The van der Waals surface area contributed by atoms with E-state index in [2.05, 4.69) is 5.10 Å². The zero-order valence-electron chi connectivity index (χ0n) is 14.7. The Kier molecular flexibility index (Phi) is 5.12. The van der Waals surface area contributed by atoms with Crippen LogP contribution in [0.25, 0.3) is 0 Å². The average Bonchev–Trinajstić information content (AvgIpc) is 3.28. The van der Waals surface area contributed by atoms with Crippen molar-refractivity contribution in [2.75, 3.05) is 6.54 Å². The Bertz CT molecular complexity index is 604. The smallest absolute Gasteiger partial charge is 0.308 e. The van der Waals surface area contributed by atoms with Gasteiger partial charge in [-0.3, -0.25) is 14.3 Å². The van der Waals surface area contributed by atoms with Gasteiger partial charge in [0.15, 0.2) is 0 Å². The zero-order valence-corrected chi connectivity index (χ0v) is 14.7. The second-order valence-corrected chi connectivity index (χ2v) is 6.84. The largest absolute Gasteiger partial charge is 0.481 e. The molecule has 128 valence electrons. The number of aromatic nitrogens is 2. The number of aryl methyl sites for hydroxylation is 2. The summed E-state index contributed by atoms with van der Waals surface area (Å²) in [6.07, 6.45) is 2.61. The molecule has 1 fully saturated rings. The standard InChI is InChI=1S/C17H27N3O3/c1-10(8-15-12(3)18-19(5)13(15)4)16(21)20(14-6-7-14)9-11(2)17(22)23/h10-11,14H,6-9H2,1-5H3,(H,22,23)/t10-,11-/m0/s1. The Labute approximate surface area is 137 Å². The van der Waals surface area contributed by atoms with Gasteiger partial charge in [-0.2, -0.15) is 5.10 Å². The Balaban J connectivity index is 2.08. The van der Waals surface area contributed by atoms with Gasteiger partial charge < -0.3 is 10.0 Å². The van der Waals surface area contributed by atoms with E-state index in [0.717, 1.165) is 29.8 Å². The molecule has 0 aromatic carbocycles. The molecule has 1 N–H and O–H groups in total. The zero-order chi connectivity index (χ0) is 17.3. The molecule has 0 aliphatic heterocycles. The summed E-state index contributed by atoms with van der Waals surface area (Å²) in [7, 11) is 1.91. The Morgan fingerprint density at radius 2 is 1.91 bits per heavy atom. The van der Waals surface area contributed by atoms with Crippen molar-refractivity contribution in [2.45, 2.75) is 53.0 Å². The number of hydrogen-bond donors (Lipinski definition) is 1. The van der Waals surface area contributed by atoms with Crippen molar-refractivity contribution in [2.24, 2.45) is 18.9 Å². The highest BCUT2D eigenvalue weighted by Crippen LogP contribution is 2.30. The van der Waals surface area contributed by atoms with Crippen LogP contribution in [0.3, 0.4) is 0 Å². The molecule has 0 spiro atoms. The van der Waals surface area contributed by atoms with Crippen LogP contribution in [0.2, 0.25) is 0 Å². The minimum Gasteiger partial charge on any atom is -0.481 e. The molecule has 1 aliphatic carbocycles. The average molecular weight is 321 g/mol. The van der Waals surface area contributed by atoms with Crippen molar-refractivity contribution in [3.63, 3.8) is 0 Å². The van der Waals surface area contributed by atoms with E-state index in [1.807, 2.05) is 32.5 Å². The molecule has 0 saturated heterocycles. The van der Waals surface area contributed by atoms with E-state index in [0.29, 0.717) is 13.0 Å². The van der Waals surface area contributed by atoms with E-state index in [1.54, 1.807) is 11.8 Å². The summed E-state index contributed by atoms with van der Waals surface area (Å²) in [5, 5.41) is 13.5. The fraction of sp³-hybridized carbons (Fsp3) is 0.706. The van der Waals surface area contributed by atoms with Gasteiger partial charge in [-0.1, -0.05) is 13.8 Å². The van der Waals surface area contributed by atoms with Crippen molar-refractivity contribution in [1.82, 2.24) is 14.7 Å². The Morgan fingerprint density at radius 1 is 1.30 bits per heavy atom. The molecule has 6 nitrogen and oxygen atoms in total. The van der Waals surface area contributed by atoms with Crippen LogP contribution >= 0.6 is 0 Å². The number of aliphatic carboxylic acids is 1. The summed E-state index contributed by atoms with van der Waals surface area (Å²) >= 11 is 0. The third kappa shape index (κ3) is 3.92. The molecule has 0 bridgehead atoms. The molecule has 1 amide bonds. The van der Waals surface area contributed by atoms with Crippen LogP contribution in [0.4, 0.5) is 0 Å². The molecule has 1 saturated carbocycles. The SMILES string of the molecule is Cc1nn(C)c(C)c1C[C@H](C)C(=O)N(C[C@H](C)C(=O)O)C1CC1. The van der Waals surface area contributed by atoms with Crippen LogP contribution in [-0.4, -0.2) is 44.3 Å². The van der Waals surface area contributed by atoms with E-state index >= 15 is 0 Å². The minimum absolute atomic E-state index is 0.0586. The second kappa shape index (κ2) is 6.72. The Morgan fingerprint density at radius 3 is 2.35 bits per heavy atom. The first-order valence-electron chi connectivity index (χ1n) is 8.24. The lowest BCUT2D eigenvalue weighted by atomic mass is 9.97. The first kappa shape index (κ1) is 17.5. The van der Waals surface area contributed by atoms with Crippen LogP contribution in [-0.2, 0) is 23.1 Å². The van der Waals surface area contributed by atoms with Crippen molar-refractivity contribution in [3.8, 4) is 0 Å². The highest BCUT2D eigenvalue weighted by Gasteiger charge is 2.36. The number of hydrogen-bond acceptors (Lipinski definition) is 3. The van der Waals surface area contributed by atoms with Gasteiger partial charge in [0.25, 0.3) is 0 Å². The van der Waals surface area contributed by atoms with E-state index in [9.17, 15) is 9.59 Å². The molecular formula is C17H27N3O3. The van der Waals surface area contributed by atoms with Gasteiger partial charge in [0.1, 0.15) is 0 Å². The minimum atomic E-state index is -0.852. The number of carbonyl (C=O) groups excluding carboxylic acids is 1.